The smallest absolute Gasteiger partial charge is 0.438 e. The van der Waals surface area contributed by atoms with E-state index in [1.165, 1.54) is 21.3 Å². The molecule has 0 amide bonds. The van der Waals surface area contributed by atoms with Gasteiger partial charge in [-0.1, -0.05) is 14.9 Å². The van der Waals surface area contributed by atoms with Gasteiger partial charge in [0.25, 0.3) is 0 Å². The lowest BCUT2D eigenvalue weighted by Gasteiger charge is -1.94. The highest BCUT2D eigenvalue weighted by molar-refractivity contribution is 5.59. The van der Waals surface area contributed by atoms with E-state index < -0.39 is 19.1 Å². The van der Waals surface area contributed by atoms with Crippen molar-refractivity contribution < 1.29 is 38.7 Å². The summed E-state index contributed by atoms with van der Waals surface area (Å²) in [4.78, 5) is 19.7. The number of carbonyl (C=O) groups excluding carboxylic acids is 2. The highest BCUT2D eigenvalue weighted by Gasteiger charge is 1.92. The summed E-state index contributed by atoms with van der Waals surface area (Å²) < 4.78 is 16.5. The van der Waals surface area contributed by atoms with Gasteiger partial charge in [-0.25, -0.2) is 9.59 Å². The highest BCUT2D eigenvalue weighted by atomic mass is 16.7. The minimum absolute atomic E-state index is 0. The number of hydrogen-bond donors (Lipinski definition) is 2. The number of rotatable bonds is 1. The summed E-state index contributed by atoms with van der Waals surface area (Å²) in [7, 11) is 3.79. The van der Waals surface area contributed by atoms with Crippen LogP contribution in [0, 0.1) is 0 Å². The van der Waals surface area contributed by atoms with Gasteiger partial charge in [-0.3, -0.25) is 0 Å². The monoisotopic (exact) mass is 274 g/mol. The van der Waals surface area contributed by atoms with Gasteiger partial charge < -0.3 is 29.2 Å². The zero-order valence-corrected chi connectivity index (χ0v) is 9.76. The molecule has 0 aromatic heterocycles. The van der Waals surface area contributed by atoms with Crippen LogP contribution in [-0.2, 0) is 18.9 Å². The maximum absolute atomic E-state index is 9.97. The summed E-state index contributed by atoms with van der Waals surface area (Å²) in [5, 5.41) is 14.2. The van der Waals surface area contributed by atoms with E-state index >= 15 is 0 Å². The van der Waals surface area contributed by atoms with Crippen LogP contribution in [-0.4, -0.2) is 57.3 Å². The molecule has 2 N–H and O–H groups in total. The minimum Gasteiger partial charge on any atom is -0.438 e. The number of aliphatic hydroxyl groups is 2. The maximum Gasteiger partial charge on any atom is 0.507 e. The predicted octanol–water partition coefficient (Wildman–Crippen LogP) is 1.39. The lowest BCUT2D eigenvalue weighted by atomic mass is 10.9. The Morgan fingerprint density at radius 1 is 0.889 bits per heavy atom. The van der Waals surface area contributed by atoms with Gasteiger partial charge in [-0.2, -0.15) is 0 Å². The van der Waals surface area contributed by atoms with Gasteiger partial charge in [0.15, 0.2) is 0 Å². The SMILES string of the molecule is C.C.CCOC(=O)OC.COC(=O)OC.OCO. The van der Waals surface area contributed by atoms with Crippen molar-refractivity contribution >= 4 is 12.3 Å². The highest BCUT2D eigenvalue weighted by Crippen LogP contribution is 1.77. The molecule has 0 saturated heterocycles. The largest absolute Gasteiger partial charge is 0.507 e. The lowest BCUT2D eigenvalue weighted by Crippen LogP contribution is -2.02. The molecule has 0 rings (SSSR count). The summed E-state index contributed by atoms with van der Waals surface area (Å²) in [6.45, 7) is 1.34. The Kier molecular flexibility index (Phi) is 49.2. The lowest BCUT2D eigenvalue weighted by molar-refractivity contribution is 0.0764. The zero-order chi connectivity index (χ0) is 13.4. The van der Waals surface area contributed by atoms with Crippen LogP contribution in [0.25, 0.3) is 0 Å². The third kappa shape index (κ3) is 47.1. The fourth-order valence-electron chi connectivity index (χ4n) is 0.260. The second-order valence-corrected chi connectivity index (χ2v) is 1.69. The third-order valence-corrected chi connectivity index (χ3v) is 0.762. The molecular formula is C10H26O8. The molecule has 0 aromatic rings. The fraction of sp³-hybridized carbons (Fsp3) is 0.800. The molecule has 0 fully saturated rings. The topological polar surface area (TPSA) is 112 Å². The molecule has 0 unspecified atom stereocenters. The molecule has 0 bridgehead atoms. The molecule has 0 spiro atoms. The first-order valence-corrected chi connectivity index (χ1v) is 4.08. The molecule has 8 heteroatoms. The number of ether oxygens (including phenoxy) is 4. The van der Waals surface area contributed by atoms with E-state index in [-0.39, 0.29) is 14.9 Å². The van der Waals surface area contributed by atoms with Crippen molar-refractivity contribution in [2.45, 2.75) is 21.8 Å². The molecule has 0 aliphatic carbocycles. The molecule has 0 atom stereocenters. The summed E-state index contributed by atoms with van der Waals surface area (Å²) >= 11 is 0. The molecule has 0 radical (unpaired) electrons. The van der Waals surface area contributed by atoms with Crippen LogP contribution in [0.4, 0.5) is 9.59 Å². The van der Waals surface area contributed by atoms with Crippen LogP contribution in [0.5, 0.6) is 0 Å². The van der Waals surface area contributed by atoms with E-state index in [4.69, 9.17) is 10.2 Å². The van der Waals surface area contributed by atoms with Crippen LogP contribution >= 0.6 is 0 Å². The Balaban J connectivity index is -0.0000000475. The number of methoxy groups -OCH3 is 3. The molecule has 0 aliphatic heterocycles. The van der Waals surface area contributed by atoms with Crippen LogP contribution < -0.4 is 0 Å². The van der Waals surface area contributed by atoms with Crippen molar-refractivity contribution in [3.8, 4) is 0 Å². The fourth-order valence-corrected chi connectivity index (χ4v) is 0.260. The Bertz CT molecular complexity index is 154. The normalized spacial score (nSPS) is 6.33. The summed E-state index contributed by atoms with van der Waals surface area (Å²) in [6.07, 6.45) is -1.28. The molecule has 114 valence electrons. The van der Waals surface area contributed by atoms with Gasteiger partial charge in [0.05, 0.1) is 27.9 Å². The van der Waals surface area contributed by atoms with Gasteiger partial charge in [-0.15, -0.1) is 0 Å². The standard InChI is InChI=1S/C4H8O3.C3H6O3.CH4O2.2CH4/c1-3-7-4(5)6-2;1-5-3(4)6-2;2-1-3;;/h3H2,1-2H3;1-2H3;2-3H,1H2;2*1H4. The van der Waals surface area contributed by atoms with E-state index in [0.29, 0.717) is 6.61 Å². The molecule has 8 nitrogen and oxygen atoms in total. The van der Waals surface area contributed by atoms with Gasteiger partial charge in [0.1, 0.15) is 6.79 Å². The van der Waals surface area contributed by atoms with E-state index in [1.807, 2.05) is 0 Å². The summed E-state index contributed by atoms with van der Waals surface area (Å²) in [5.41, 5.74) is 0. The number of hydrogen-bond acceptors (Lipinski definition) is 8. The molecule has 0 heterocycles. The van der Waals surface area contributed by atoms with Crippen molar-refractivity contribution in [3.63, 3.8) is 0 Å². The first kappa shape index (κ1) is 30.0. The Hall–Kier alpha value is -1.54. The average molecular weight is 274 g/mol. The molecular weight excluding hydrogens is 248 g/mol. The van der Waals surface area contributed by atoms with Crippen LogP contribution in [0.15, 0.2) is 0 Å². The van der Waals surface area contributed by atoms with Gasteiger partial charge >= 0.3 is 12.3 Å². The summed E-state index contributed by atoms with van der Waals surface area (Å²) in [5.74, 6) is 0. The van der Waals surface area contributed by atoms with E-state index in [1.54, 1.807) is 6.92 Å². The molecule has 0 aliphatic rings. The van der Waals surface area contributed by atoms with Crippen molar-refractivity contribution in [1.82, 2.24) is 0 Å². The van der Waals surface area contributed by atoms with Crippen molar-refractivity contribution in [1.29, 1.82) is 0 Å². The third-order valence-electron chi connectivity index (χ3n) is 0.762. The van der Waals surface area contributed by atoms with Crippen molar-refractivity contribution in [2.75, 3.05) is 34.7 Å². The second-order valence-electron chi connectivity index (χ2n) is 1.69. The quantitative estimate of drug-likeness (QED) is 0.545. The zero-order valence-electron chi connectivity index (χ0n) is 9.76. The Labute approximate surface area is 108 Å². The van der Waals surface area contributed by atoms with Crippen LogP contribution in [0.2, 0.25) is 0 Å². The van der Waals surface area contributed by atoms with Gasteiger partial charge in [0, 0.05) is 0 Å². The number of aliphatic hydroxyl groups excluding tert-OH is 1. The van der Waals surface area contributed by atoms with Gasteiger partial charge in [-0.05, 0) is 6.92 Å². The summed E-state index contributed by atoms with van der Waals surface area (Å²) in [6, 6.07) is 0. The van der Waals surface area contributed by atoms with Crippen molar-refractivity contribution in [2.24, 2.45) is 0 Å². The van der Waals surface area contributed by atoms with Gasteiger partial charge in [0.2, 0.25) is 0 Å². The molecule has 18 heavy (non-hydrogen) atoms. The first-order chi connectivity index (χ1) is 7.53. The minimum atomic E-state index is -0.750. The Morgan fingerprint density at radius 2 is 1.17 bits per heavy atom. The second kappa shape index (κ2) is 29.5. The van der Waals surface area contributed by atoms with Crippen LogP contribution in [0.1, 0.15) is 21.8 Å². The van der Waals surface area contributed by atoms with Crippen LogP contribution in [0.3, 0.4) is 0 Å². The van der Waals surface area contributed by atoms with E-state index in [2.05, 4.69) is 18.9 Å². The predicted molar refractivity (Wildman–Crippen MR) is 66.2 cm³/mol. The molecule has 0 saturated carbocycles. The first-order valence-electron chi connectivity index (χ1n) is 4.08. The number of carbonyl (C=O) groups is 2. The Morgan fingerprint density at radius 3 is 1.22 bits per heavy atom. The maximum atomic E-state index is 9.97. The van der Waals surface area contributed by atoms with Crippen molar-refractivity contribution in [3.05, 3.63) is 0 Å². The average Bonchev–Trinajstić information content (AvgIpc) is 2.30. The van der Waals surface area contributed by atoms with E-state index in [9.17, 15) is 9.59 Å². The molecule has 0 aromatic carbocycles. The van der Waals surface area contributed by atoms with E-state index in [0.717, 1.165) is 0 Å².